The fourth-order valence-corrected chi connectivity index (χ4v) is 2.54. The molecule has 1 aliphatic rings. The van der Waals surface area contributed by atoms with Crippen LogP contribution >= 0.6 is 12.4 Å². The maximum atomic E-state index is 11.8. The lowest BCUT2D eigenvalue weighted by Crippen LogP contribution is -2.42. The quantitative estimate of drug-likeness (QED) is 0.799. The minimum absolute atomic E-state index is 0. The van der Waals surface area contributed by atoms with E-state index in [1.165, 1.54) is 25.7 Å². The lowest BCUT2D eigenvalue weighted by molar-refractivity contribution is -0.125. The molecule has 1 aliphatic carbocycles. The highest BCUT2D eigenvalue weighted by atomic mass is 35.5. The van der Waals surface area contributed by atoms with Crippen molar-refractivity contribution in [1.82, 2.24) is 10.6 Å². The monoisotopic (exact) mass is 262 g/mol. The van der Waals surface area contributed by atoms with E-state index in [1.54, 1.807) is 0 Å². The number of carbonyl (C=O) groups excluding carboxylic acids is 1. The number of carbonyl (C=O) groups is 1. The zero-order chi connectivity index (χ0) is 12.0. The summed E-state index contributed by atoms with van der Waals surface area (Å²) in [6, 6.07) is 0.422. The minimum Gasteiger partial charge on any atom is -0.353 e. The molecule has 1 fully saturated rings. The van der Waals surface area contributed by atoms with Crippen LogP contribution in [0.5, 0.6) is 0 Å². The lowest BCUT2D eigenvalue weighted by atomic mass is 9.84. The average molecular weight is 263 g/mol. The Bertz CT molecular complexity index is 223. The van der Waals surface area contributed by atoms with Crippen molar-refractivity contribution in [2.45, 2.75) is 52.0 Å². The first-order valence-electron chi connectivity index (χ1n) is 6.62. The molecule has 1 saturated carbocycles. The van der Waals surface area contributed by atoms with E-state index in [0.717, 1.165) is 18.9 Å². The van der Waals surface area contributed by atoms with E-state index in [0.29, 0.717) is 6.04 Å². The van der Waals surface area contributed by atoms with Gasteiger partial charge in [0.1, 0.15) is 0 Å². The average Bonchev–Trinajstić information content (AvgIpc) is 2.29. The molecule has 0 aliphatic heterocycles. The van der Waals surface area contributed by atoms with Crippen molar-refractivity contribution in [2.75, 3.05) is 13.6 Å². The molecule has 0 aromatic carbocycles. The van der Waals surface area contributed by atoms with Gasteiger partial charge in [0, 0.05) is 18.5 Å². The molecule has 0 bridgehead atoms. The topological polar surface area (TPSA) is 41.1 Å². The van der Waals surface area contributed by atoms with Gasteiger partial charge in [0.15, 0.2) is 0 Å². The molecular weight excluding hydrogens is 236 g/mol. The Kier molecular flexibility index (Phi) is 8.61. The van der Waals surface area contributed by atoms with Crippen molar-refractivity contribution in [1.29, 1.82) is 0 Å². The van der Waals surface area contributed by atoms with Gasteiger partial charge < -0.3 is 10.6 Å². The summed E-state index contributed by atoms with van der Waals surface area (Å²) < 4.78 is 0. The van der Waals surface area contributed by atoms with E-state index >= 15 is 0 Å². The first kappa shape index (κ1) is 16.7. The van der Waals surface area contributed by atoms with Gasteiger partial charge in [0.2, 0.25) is 5.91 Å². The summed E-state index contributed by atoms with van der Waals surface area (Å²) in [5.74, 6) is 1.10. The van der Waals surface area contributed by atoms with E-state index < -0.39 is 0 Å². The summed E-state index contributed by atoms with van der Waals surface area (Å²) >= 11 is 0. The molecule has 0 aromatic heterocycles. The molecule has 0 heterocycles. The van der Waals surface area contributed by atoms with Crippen LogP contribution in [0, 0.1) is 11.8 Å². The second kappa shape index (κ2) is 8.76. The molecule has 102 valence electrons. The summed E-state index contributed by atoms with van der Waals surface area (Å²) in [5, 5.41) is 6.23. The third-order valence-electron chi connectivity index (χ3n) is 3.66. The predicted molar refractivity (Wildman–Crippen MR) is 74.5 cm³/mol. The highest BCUT2D eigenvalue weighted by Gasteiger charge is 2.23. The maximum Gasteiger partial charge on any atom is 0.224 e. The van der Waals surface area contributed by atoms with Gasteiger partial charge in [0.25, 0.3) is 0 Å². The van der Waals surface area contributed by atoms with Gasteiger partial charge in [-0.3, -0.25) is 4.79 Å². The standard InChI is InChI=1S/C13H26N2O.ClH/c1-4-11-6-5-7-12(8-11)15-13(16)10(2)9-14-3;/h10-12,14H,4-9H2,1-3H3,(H,15,16);1H. The van der Waals surface area contributed by atoms with Crippen LogP contribution in [0.2, 0.25) is 0 Å². The lowest BCUT2D eigenvalue weighted by Gasteiger charge is -2.29. The predicted octanol–water partition coefficient (Wildman–Crippen LogP) is 2.35. The third-order valence-corrected chi connectivity index (χ3v) is 3.66. The molecule has 0 spiro atoms. The van der Waals surface area contributed by atoms with E-state index in [-0.39, 0.29) is 24.2 Å². The minimum atomic E-state index is 0. The molecule has 4 heteroatoms. The van der Waals surface area contributed by atoms with Crippen LogP contribution in [0.1, 0.15) is 46.0 Å². The van der Waals surface area contributed by atoms with Crippen molar-refractivity contribution in [3.63, 3.8) is 0 Å². The van der Waals surface area contributed by atoms with Gasteiger partial charge in [-0.05, 0) is 25.8 Å². The molecule has 0 aromatic rings. The van der Waals surface area contributed by atoms with E-state index in [1.807, 2.05) is 14.0 Å². The zero-order valence-corrected chi connectivity index (χ0v) is 12.1. The van der Waals surface area contributed by atoms with Crippen LogP contribution < -0.4 is 10.6 Å². The van der Waals surface area contributed by atoms with Crippen molar-refractivity contribution in [3.05, 3.63) is 0 Å². The number of amides is 1. The molecule has 0 saturated heterocycles. The molecule has 17 heavy (non-hydrogen) atoms. The molecule has 1 rings (SSSR count). The Labute approximate surface area is 112 Å². The summed E-state index contributed by atoms with van der Waals surface area (Å²) in [6.07, 6.45) is 6.19. The Morgan fingerprint density at radius 2 is 2.12 bits per heavy atom. The van der Waals surface area contributed by atoms with Crippen LogP contribution in [-0.2, 0) is 4.79 Å². The maximum absolute atomic E-state index is 11.8. The second-order valence-electron chi connectivity index (χ2n) is 5.11. The van der Waals surface area contributed by atoms with Gasteiger partial charge in [-0.25, -0.2) is 0 Å². The summed E-state index contributed by atoms with van der Waals surface area (Å²) in [4.78, 5) is 11.8. The molecule has 3 nitrogen and oxygen atoms in total. The number of hydrogen-bond donors (Lipinski definition) is 2. The molecule has 3 unspecified atom stereocenters. The van der Waals surface area contributed by atoms with Gasteiger partial charge >= 0.3 is 0 Å². The SMILES string of the molecule is CCC1CCCC(NC(=O)C(C)CNC)C1.Cl. The van der Waals surface area contributed by atoms with Crippen LogP contribution in [0.4, 0.5) is 0 Å². The highest BCUT2D eigenvalue weighted by molar-refractivity contribution is 5.85. The van der Waals surface area contributed by atoms with Gasteiger partial charge in [-0.15, -0.1) is 12.4 Å². The van der Waals surface area contributed by atoms with Crippen molar-refractivity contribution in [3.8, 4) is 0 Å². The summed E-state index contributed by atoms with van der Waals surface area (Å²) in [5.41, 5.74) is 0. The highest BCUT2D eigenvalue weighted by Crippen LogP contribution is 2.26. The van der Waals surface area contributed by atoms with Crippen molar-refractivity contribution in [2.24, 2.45) is 11.8 Å². The number of hydrogen-bond acceptors (Lipinski definition) is 2. The van der Waals surface area contributed by atoms with E-state index in [9.17, 15) is 4.79 Å². The largest absolute Gasteiger partial charge is 0.353 e. The Hall–Kier alpha value is -0.280. The van der Waals surface area contributed by atoms with Gasteiger partial charge in [-0.1, -0.05) is 33.1 Å². The number of nitrogens with one attached hydrogen (secondary N) is 2. The second-order valence-corrected chi connectivity index (χ2v) is 5.11. The number of rotatable bonds is 5. The Balaban J connectivity index is 0.00000256. The third kappa shape index (κ3) is 5.73. The van der Waals surface area contributed by atoms with Gasteiger partial charge in [0.05, 0.1) is 0 Å². The molecule has 2 N–H and O–H groups in total. The Morgan fingerprint density at radius 1 is 1.41 bits per heavy atom. The van der Waals surface area contributed by atoms with Crippen LogP contribution in [0.25, 0.3) is 0 Å². The zero-order valence-electron chi connectivity index (χ0n) is 11.3. The van der Waals surface area contributed by atoms with Crippen LogP contribution in [-0.4, -0.2) is 25.5 Å². The summed E-state index contributed by atoms with van der Waals surface area (Å²) in [7, 11) is 1.89. The first-order chi connectivity index (χ1) is 7.67. The number of halogens is 1. The van der Waals surface area contributed by atoms with Crippen LogP contribution in [0.3, 0.4) is 0 Å². The smallest absolute Gasteiger partial charge is 0.224 e. The van der Waals surface area contributed by atoms with Crippen molar-refractivity contribution >= 4 is 18.3 Å². The molecule has 0 radical (unpaired) electrons. The molecule has 3 atom stereocenters. The normalized spacial score (nSPS) is 25.8. The van der Waals surface area contributed by atoms with Crippen molar-refractivity contribution < 1.29 is 4.79 Å². The molecular formula is C13H27ClN2O. The van der Waals surface area contributed by atoms with Crippen LogP contribution in [0.15, 0.2) is 0 Å². The Morgan fingerprint density at radius 3 is 2.71 bits per heavy atom. The summed E-state index contributed by atoms with van der Waals surface area (Å²) in [6.45, 7) is 4.99. The molecule has 1 amide bonds. The van der Waals surface area contributed by atoms with Gasteiger partial charge in [-0.2, -0.15) is 0 Å². The first-order valence-corrected chi connectivity index (χ1v) is 6.62. The van der Waals surface area contributed by atoms with E-state index in [2.05, 4.69) is 17.6 Å². The van der Waals surface area contributed by atoms with E-state index in [4.69, 9.17) is 0 Å². The fourth-order valence-electron chi connectivity index (χ4n) is 2.54. The fraction of sp³-hybridized carbons (Fsp3) is 0.923.